The van der Waals surface area contributed by atoms with Gasteiger partial charge in [0.25, 0.3) is 0 Å². The zero-order chi connectivity index (χ0) is 11.5. The molecule has 15 heavy (non-hydrogen) atoms. The molecule has 3 nitrogen and oxygen atoms in total. The maximum Gasteiger partial charge on any atom is 0.156 e. The Balaban J connectivity index is 2.74. The summed E-state index contributed by atoms with van der Waals surface area (Å²) in [5.74, 6) is 0.0728. The molecule has 0 aromatic heterocycles. The van der Waals surface area contributed by atoms with Crippen molar-refractivity contribution in [3.8, 4) is 0 Å². The van der Waals surface area contributed by atoms with Crippen molar-refractivity contribution in [2.75, 3.05) is 5.75 Å². The number of hydrogen-bond acceptors (Lipinski definition) is 3. The molecule has 0 amide bonds. The molecule has 0 spiro atoms. The Morgan fingerprint density at radius 2 is 1.73 bits per heavy atom. The minimum absolute atomic E-state index is 0.00882. The lowest BCUT2D eigenvalue weighted by atomic mass is 10.1. The van der Waals surface area contributed by atoms with Crippen molar-refractivity contribution in [2.24, 2.45) is 5.73 Å². The molecule has 0 radical (unpaired) electrons. The van der Waals surface area contributed by atoms with Crippen LogP contribution >= 0.6 is 0 Å². The van der Waals surface area contributed by atoms with Gasteiger partial charge in [0, 0.05) is 5.54 Å². The van der Waals surface area contributed by atoms with Crippen LogP contribution in [0.25, 0.3) is 0 Å². The Labute approximate surface area is 91.2 Å². The van der Waals surface area contributed by atoms with Crippen LogP contribution in [0.15, 0.2) is 30.3 Å². The Morgan fingerprint density at radius 1 is 1.20 bits per heavy atom. The molecule has 0 fully saturated rings. The van der Waals surface area contributed by atoms with Crippen LogP contribution in [0, 0.1) is 0 Å². The van der Waals surface area contributed by atoms with E-state index in [-0.39, 0.29) is 11.5 Å². The Kier molecular flexibility index (Phi) is 3.52. The van der Waals surface area contributed by atoms with E-state index in [2.05, 4.69) is 0 Å². The summed E-state index contributed by atoms with van der Waals surface area (Å²) in [6.07, 6.45) is 0. The summed E-state index contributed by atoms with van der Waals surface area (Å²) in [5.41, 5.74) is 5.83. The molecular weight excluding hydrogens is 210 g/mol. The third kappa shape index (κ3) is 4.95. The van der Waals surface area contributed by atoms with Crippen LogP contribution in [0.2, 0.25) is 0 Å². The van der Waals surface area contributed by atoms with Gasteiger partial charge in [0.2, 0.25) is 0 Å². The van der Waals surface area contributed by atoms with Gasteiger partial charge in [0.15, 0.2) is 9.84 Å². The summed E-state index contributed by atoms with van der Waals surface area (Å²) in [7, 11) is -3.12. The summed E-state index contributed by atoms with van der Waals surface area (Å²) >= 11 is 0. The first-order valence-electron chi connectivity index (χ1n) is 4.82. The van der Waals surface area contributed by atoms with E-state index in [0.717, 1.165) is 5.56 Å². The lowest BCUT2D eigenvalue weighted by Gasteiger charge is -2.18. The van der Waals surface area contributed by atoms with E-state index in [9.17, 15) is 8.42 Å². The number of rotatable bonds is 4. The lowest BCUT2D eigenvalue weighted by Crippen LogP contribution is -2.40. The highest BCUT2D eigenvalue weighted by Gasteiger charge is 2.22. The van der Waals surface area contributed by atoms with Crippen molar-refractivity contribution in [1.29, 1.82) is 0 Å². The van der Waals surface area contributed by atoms with Gasteiger partial charge in [-0.15, -0.1) is 0 Å². The average molecular weight is 227 g/mol. The summed E-state index contributed by atoms with van der Waals surface area (Å²) in [4.78, 5) is 0. The van der Waals surface area contributed by atoms with Gasteiger partial charge in [0.1, 0.15) is 0 Å². The quantitative estimate of drug-likeness (QED) is 0.844. The molecule has 1 rings (SSSR count). The van der Waals surface area contributed by atoms with Gasteiger partial charge >= 0.3 is 0 Å². The molecule has 0 atom stereocenters. The predicted molar refractivity (Wildman–Crippen MR) is 62.2 cm³/mol. The third-order valence-electron chi connectivity index (χ3n) is 1.82. The normalized spacial score (nSPS) is 12.7. The fourth-order valence-electron chi connectivity index (χ4n) is 1.45. The van der Waals surface area contributed by atoms with Gasteiger partial charge in [0.05, 0.1) is 11.5 Å². The summed E-state index contributed by atoms with van der Waals surface area (Å²) in [6.45, 7) is 3.44. The van der Waals surface area contributed by atoms with Crippen LogP contribution in [-0.2, 0) is 15.6 Å². The molecule has 0 aliphatic carbocycles. The molecule has 1 aromatic carbocycles. The fourth-order valence-corrected chi connectivity index (χ4v) is 3.38. The van der Waals surface area contributed by atoms with E-state index in [1.165, 1.54) is 0 Å². The second-order valence-corrected chi connectivity index (χ2v) is 6.57. The van der Waals surface area contributed by atoms with E-state index in [1.807, 2.05) is 18.2 Å². The Bertz CT molecular complexity index is 404. The highest BCUT2D eigenvalue weighted by atomic mass is 32.2. The van der Waals surface area contributed by atoms with E-state index in [0.29, 0.717) is 0 Å². The number of sulfone groups is 1. The Hall–Kier alpha value is -0.870. The maximum absolute atomic E-state index is 11.7. The van der Waals surface area contributed by atoms with Gasteiger partial charge in [-0.1, -0.05) is 30.3 Å². The summed E-state index contributed by atoms with van der Waals surface area (Å²) < 4.78 is 23.5. The second kappa shape index (κ2) is 4.33. The van der Waals surface area contributed by atoms with Crippen molar-refractivity contribution >= 4 is 9.84 Å². The molecule has 84 valence electrons. The largest absolute Gasteiger partial charge is 0.325 e. The van der Waals surface area contributed by atoms with Crippen LogP contribution in [0.3, 0.4) is 0 Å². The second-order valence-electron chi connectivity index (χ2n) is 4.51. The first-order valence-corrected chi connectivity index (χ1v) is 6.64. The molecule has 4 heteroatoms. The summed E-state index contributed by atoms with van der Waals surface area (Å²) in [5, 5.41) is 0. The van der Waals surface area contributed by atoms with Crippen LogP contribution in [0.1, 0.15) is 19.4 Å². The Morgan fingerprint density at radius 3 is 2.20 bits per heavy atom. The highest BCUT2D eigenvalue weighted by molar-refractivity contribution is 7.90. The maximum atomic E-state index is 11.7. The number of nitrogens with two attached hydrogens (primary N) is 1. The van der Waals surface area contributed by atoms with Crippen molar-refractivity contribution in [2.45, 2.75) is 25.1 Å². The van der Waals surface area contributed by atoms with E-state index in [1.54, 1.807) is 26.0 Å². The van der Waals surface area contributed by atoms with Gasteiger partial charge < -0.3 is 5.73 Å². The fraction of sp³-hybridized carbons (Fsp3) is 0.455. The third-order valence-corrected chi connectivity index (χ3v) is 3.78. The summed E-state index contributed by atoms with van der Waals surface area (Å²) in [6, 6.07) is 9.14. The minimum Gasteiger partial charge on any atom is -0.325 e. The molecular formula is C11H17NO2S. The molecule has 0 saturated heterocycles. The van der Waals surface area contributed by atoms with Crippen molar-refractivity contribution in [3.05, 3.63) is 35.9 Å². The van der Waals surface area contributed by atoms with E-state index < -0.39 is 15.4 Å². The molecule has 0 aliphatic heterocycles. The number of hydrogen-bond donors (Lipinski definition) is 1. The predicted octanol–water partition coefficient (Wildman–Crippen LogP) is 1.34. The monoisotopic (exact) mass is 227 g/mol. The average Bonchev–Trinajstić information content (AvgIpc) is 1.99. The van der Waals surface area contributed by atoms with Gasteiger partial charge in [-0.3, -0.25) is 0 Å². The van der Waals surface area contributed by atoms with E-state index >= 15 is 0 Å². The smallest absolute Gasteiger partial charge is 0.156 e. The van der Waals surface area contributed by atoms with Crippen LogP contribution in [-0.4, -0.2) is 19.7 Å². The molecule has 2 N–H and O–H groups in total. The zero-order valence-electron chi connectivity index (χ0n) is 9.10. The van der Waals surface area contributed by atoms with Gasteiger partial charge in [-0.2, -0.15) is 0 Å². The molecule has 0 aliphatic rings. The first kappa shape index (κ1) is 12.2. The lowest BCUT2D eigenvalue weighted by molar-refractivity contribution is 0.544. The SMILES string of the molecule is CC(C)(N)CS(=O)(=O)Cc1ccccc1. The van der Waals surface area contributed by atoms with Crippen molar-refractivity contribution in [3.63, 3.8) is 0 Å². The van der Waals surface area contributed by atoms with E-state index in [4.69, 9.17) is 5.73 Å². The van der Waals surface area contributed by atoms with Crippen molar-refractivity contribution in [1.82, 2.24) is 0 Å². The molecule has 1 aromatic rings. The van der Waals surface area contributed by atoms with Crippen molar-refractivity contribution < 1.29 is 8.42 Å². The van der Waals surface area contributed by atoms with Crippen LogP contribution in [0.4, 0.5) is 0 Å². The minimum atomic E-state index is -3.12. The molecule has 0 bridgehead atoms. The number of benzene rings is 1. The topological polar surface area (TPSA) is 60.2 Å². The van der Waals surface area contributed by atoms with Gasteiger partial charge in [-0.05, 0) is 19.4 Å². The van der Waals surface area contributed by atoms with Crippen LogP contribution in [0.5, 0.6) is 0 Å². The molecule has 0 heterocycles. The zero-order valence-corrected chi connectivity index (χ0v) is 9.92. The highest BCUT2D eigenvalue weighted by Crippen LogP contribution is 2.10. The standard InChI is InChI=1S/C11H17NO2S/c1-11(2,12)9-15(13,14)8-10-6-4-3-5-7-10/h3-7H,8-9,12H2,1-2H3. The molecule has 0 unspecified atom stereocenters. The molecule has 0 saturated carbocycles. The first-order chi connectivity index (χ1) is 6.79. The van der Waals surface area contributed by atoms with Gasteiger partial charge in [-0.25, -0.2) is 8.42 Å². The van der Waals surface area contributed by atoms with Crippen LogP contribution < -0.4 is 5.73 Å².